The van der Waals surface area contributed by atoms with Crippen molar-refractivity contribution in [3.8, 4) is 11.1 Å². The maximum absolute atomic E-state index is 8.76. The summed E-state index contributed by atoms with van der Waals surface area (Å²) in [7, 11) is 0. The Hall–Kier alpha value is -5.52. The van der Waals surface area contributed by atoms with E-state index in [0.29, 0.717) is 17.1 Å². The van der Waals surface area contributed by atoms with Crippen LogP contribution in [0.25, 0.3) is 32.7 Å². The maximum Gasteiger partial charge on any atom is 0.215 e. The van der Waals surface area contributed by atoms with Crippen LogP contribution in [-0.4, -0.2) is 18.0 Å². The summed E-state index contributed by atoms with van der Waals surface area (Å²) in [5, 5.41) is 16.8. The fourth-order valence-electron chi connectivity index (χ4n) is 5.66. The number of ether oxygens (including phenoxy) is 1. The second-order valence-corrected chi connectivity index (χ2v) is 10.6. The van der Waals surface area contributed by atoms with Gasteiger partial charge in [0.15, 0.2) is 6.23 Å². The van der Waals surface area contributed by atoms with Crippen LogP contribution in [0.15, 0.2) is 156 Å². The minimum Gasteiger partial charge on any atom is -0.453 e. The molecule has 0 saturated heterocycles. The Labute approximate surface area is 250 Å². The van der Waals surface area contributed by atoms with Gasteiger partial charge < -0.3 is 10.1 Å². The van der Waals surface area contributed by atoms with E-state index >= 15 is 0 Å². The summed E-state index contributed by atoms with van der Waals surface area (Å²) in [6, 6.07) is 47.0. The van der Waals surface area contributed by atoms with Crippen LogP contribution in [0.1, 0.15) is 22.7 Å². The van der Waals surface area contributed by atoms with Crippen molar-refractivity contribution in [1.29, 1.82) is 5.41 Å². The van der Waals surface area contributed by atoms with Gasteiger partial charge in [0.25, 0.3) is 0 Å². The molecule has 0 amide bonds. The first-order valence-corrected chi connectivity index (χ1v) is 14.3. The first-order valence-electron chi connectivity index (χ1n) is 14.3. The van der Waals surface area contributed by atoms with Gasteiger partial charge in [0, 0.05) is 11.1 Å². The predicted molar refractivity (Wildman–Crippen MR) is 176 cm³/mol. The summed E-state index contributed by atoms with van der Waals surface area (Å²) in [5.41, 5.74) is 12.2. The third-order valence-corrected chi connectivity index (χ3v) is 7.86. The van der Waals surface area contributed by atoms with Crippen molar-refractivity contribution >= 4 is 33.3 Å². The zero-order valence-corrected chi connectivity index (χ0v) is 23.4. The molecule has 5 heteroatoms. The Balaban J connectivity index is 1.20. The molecule has 1 aliphatic heterocycles. The molecule has 43 heavy (non-hydrogen) atoms. The van der Waals surface area contributed by atoms with Crippen molar-refractivity contribution in [2.45, 2.75) is 12.3 Å². The van der Waals surface area contributed by atoms with Gasteiger partial charge in [-0.15, -0.1) is 0 Å². The zero-order chi connectivity index (χ0) is 29.2. The van der Waals surface area contributed by atoms with E-state index < -0.39 is 6.23 Å². The van der Waals surface area contributed by atoms with Crippen LogP contribution in [0.3, 0.4) is 0 Å². The highest BCUT2D eigenvalue weighted by molar-refractivity contribution is 6.06. The molecule has 0 saturated carbocycles. The van der Waals surface area contributed by atoms with Crippen LogP contribution in [-0.2, 0) is 4.74 Å². The second-order valence-electron chi connectivity index (χ2n) is 10.6. The molecule has 7 rings (SSSR count). The van der Waals surface area contributed by atoms with Crippen LogP contribution in [0.4, 0.5) is 0 Å². The summed E-state index contributed by atoms with van der Waals surface area (Å²) < 4.78 is 6.03. The highest BCUT2D eigenvalue weighted by Gasteiger charge is 2.24. The molecule has 0 radical (unpaired) electrons. The number of nitrogens with one attached hydrogen (secondary N) is 2. The van der Waals surface area contributed by atoms with Crippen LogP contribution in [0, 0.1) is 5.41 Å². The Bertz CT molecular complexity index is 2000. The zero-order valence-electron chi connectivity index (χ0n) is 23.4. The van der Waals surface area contributed by atoms with Crippen LogP contribution < -0.4 is 11.1 Å². The third-order valence-electron chi connectivity index (χ3n) is 7.86. The average molecular weight is 559 g/mol. The Kier molecular flexibility index (Phi) is 6.99. The standard InChI is InChI=1S/C38H30N4O/c39-36(33-19-9-15-26-11-5-7-17-32(26)33)43-37(40)35-24-34(28-12-2-1-3-13-28)41-38(42-35)29-22-20-27(21-23-29)31-18-8-14-25-10-4-6-16-30(25)31/h1-24,34,37,39H,40H2,(H,41,42). The molecule has 0 bridgehead atoms. The number of aliphatic imine (C=N–C) groups is 1. The fraction of sp³-hybridized carbons (Fsp3) is 0.0526. The van der Waals surface area contributed by atoms with Gasteiger partial charge in [0.05, 0.1) is 11.7 Å². The number of hydrogen-bond donors (Lipinski definition) is 3. The quantitative estimate of drug-likeness (QED) is 0.110. The highest BCUT2D eigenvalue weighted by atomic mass is 16.5. The molecule has 0 spiro atoms. The number of amidine groups is 1. The molecule has 0 aromatic heterocycles. The lowest BCUT2D eigenvalue weighted by Crippen LogP contribution is -2.36. The van der Waals surface area contributed by atoms with Crippen molar-refractivity contribution in [1.82, 2.24) is 5.32 Å². The lowest BCUT2D eigenvalue weighted by atomic mass is 9.97. The number of hydrogen-bond acceptors (Lipinski definition) is 5. The van der Waals surface area contributed by atoms with Crippen LogP contribution in [0.2, 0.25) is 0 Å². The number of nitrogens with zero attached hydrogens (tertiary/aromatic N) is 1. The summed E-state index contributed by atoms with van der Waals surface area (Å²) in [6.45, 7) is 0. The monoisotopic (exact) mass is 558 g/mol. The molecule has 6 aromatic rings. The second kappa shape index (κ2) is 11.4. The van der Waals surface area contributed by atoms with E-state index in [2.05, 4.69) is 84.2 Å². The third kappa shape index (κ3) is 5.30. The van der Waals surface area contributed by atoms with E-state index in [0.717, 1.165) is 27.5 Å². The minimum absolute atomic E-state index is 0.0104. The SMILES string of the molecule is N=C(OC(N)C1=CC(c2ccccc2)NC(c2ccc(-c3cccc4ccccc34)cc2)=N1)c1cccc2ccccc12. The van der Waals surface area contributed by atoms with E-state index in [1.165, 1.54) is 16.3 Å². The van der Waals surface area contributed by atoms with Gasteiger partial charge in [-0.2, -0.15) is 0 Å². The first-order chi connectivity index (χ1) is 21.1. The largest absolute Gasteiger partial charge is 0.453 e. The molecule has 4 N–H and O–H groups in total. The van der Waals surface area contributed by atoms with E-state index in [9.17, 15) is 0 Å². The molecule has 2 atom stereocenters. The van der Waals surface area contributed by atoms with E-state index in [1.807, 2.05) is 66.7 Å². The molecule has 1 heterocycles. The average Bonchev–Trinajstić information content (AvgIpc) is 3.08. The molecule has 1 aliphatic rings. The van der Waals surface area contributed by atoms with Gasteiger partial charge in [0.2, 0.25) is 5.90 Å². The fourth-order valence-corrected chi connectivity index (χ4v) is 5.66. The predicted octanol–water partition coefficient (Wildman–Crippen LogP) is 7.96. The Morgan fingerprint density at radius 2 is 1.28 bits per heavy atom. The van der Waals surface area contributed by atoms with Crippen molar-refractivity contribution in [2.75, 3.05) is 0 Å². The van der Waals surface area contributed by atoms with Crippen LogP contribution >= 0.6 is 0 Å². The smallest absolute Gasteiger partial charge is 0.215 e. The van der Waals surface area contributed by atoms with Crippen molar-refractivity contribution in [3.63, 3.8) is 0 Å². The highest BCUT2D eigenvalue weighted by Crippen LogP contribution is 2.30. The van der Waals surface area contributed by atoms with Gasteiger partial charge in [-0.05, 0) is 50.4 Å². The van der Waals surface area contributed by atoms with Gasteiger partial charge in [0.1, 0.15) is 5.84 Å². The normalized spacial score (nSPS) is 15.3. The molecular formula is C38H30N4O. The summed E-state index contributed by atoms with van der Waals surface area (Å²) in [4.78, 5) is 4.91. The molecule has 0 fully saturated rings. The Morgan fingerprint density at radius 1 is 0.674 bits per heavy atom. The maximum atomic E-state index is 8.76. The topological polar surface area (TPSA) is 83.5 Å². The number of benzene rings is 6. The molecule has 5 nitrogen and oxygen atoms in total. The Morgan fingerprint density at radius 3 is 2.05 bits per heavy atom. The van der Waals surface area contributed by atoms with Crippen molar-refractivity contribution in [3.05, 3.63) is 168 Å². The number of fused-ring (bicyclic) bond motifs is 2. The molecule has 208 valence electrons. The molecule has 2 unspecified atom stereocenters. The van der Waals surface area contributed by atoms with Gasteiger partial charge >= 0.3 is 0 Å². The first kappa shape index (κ1) is 26.4. The van der Waals surface area contributed by atoms with E-state index in [4.69, 9.17) is 20.9 Å². The molecule has 6 aromatic carbocycles. The van der Waals surface area contributed by atoms with Crippen LogP contribution in [0.5, 0.6) is 0 Å². The summed E-state index contributed by atoms with van der Waals surface area (Å²) in [6.07, 6.45) is 1.05. The molecular weight excluding hydrogens is 528 g/mol. The van der Waals surface area contributed by atoms with E-state index in [-0.39, 0.29) is 11.9 Å². The molecule has 0 aliphatic carbocycles. The van der Waals surface area contributed by atoms with Crippen molar-refractivity contribution in [2.24, 2.45) is 10.7 Å². The van der Waals surface area contributed by atoms with Crippen molar-refractivity contribution < 1.29 is 4.74 Å². The summed E-state index contributed by atoms with van der Waals surface area (Å²) in [5.74, 6) is 0.711. The van der Waals surface area contributed by atoms with Gasteiger partial charge in [-0.1, -0.05) is 133 Å². The lowest BCUT2D eigenvalue weighted by Gasteiger charge is -2.26. The van der Waals surface area contributed by atoms with E-state index in [1.54, 1.807) is 0 Å². The van der Waals surface area contributed by atoms with Gasteiger partial charge in [-0.3, -0.25) is 11.1 Å². The summed E-state index contributed by atoms with van der Waals surface area (Å²) >= 11 is 0. The van der Waals surface area contributed by atoms with Gasteiger partial charge in [-0.25, -0.2) is 4.99 Å². The lowest BCUT2D eigenvalue weighted by molar-refractivity contribution is 0.228. The minimum atomic E-state index is -0.926. The number of rotatable bonds is 6. The number of nitrogens with two attached hydrogens (primary N) is 1.